The van der Waals surface area contributed by atoms with Gasteiger partial charge in [0.15, 0.2) is 0 Å². The molecule has 0 aromatic carbocycles. The van der Waals surface area contributed by atoms with E-state index in [0.29, 0.717) is 5.54 Å². The monoisotopic (exact) mass is 204 g/mol. The second kappa shape index (κ2) is 3.28. The Morgan fingerprint density at radius 3 is 2.36 bits per heavy atom. The molecule has 1 aliphatic carbocycles. The van der Waals surface area contributed by atoms with E-state index in [0.717, 1.165) is 11.5 Å². The van der Waals surface area contributed by atoms with Crippen LogP contribution in [0.15, 0.2) is 33.8 Å². The van der Waals surface area contributed by atoms with Gasteiger partial charge in [0.2, 0.25) is 0 Å². The Hall–Kier alpha value is -1.02. The van der Waals surface area contributed by atoms with Gasteiger partial charge in [-0.2, -0.15) is 0 Å². The average molecular weight is 204 g/mol. The minimum Gasteiger partial charge on any atom is -0.462 e. The van der Waals surface area contributed by atoms with E-state index >= 15 is 0 Å². The SMILES string of the molecule is CC1=C(C)C([SiH3])C(c2ccc(C)o2)=C1. The maximum atomic E-state index is 5.66. The average Bonchev–Trinajstić information content (AvgIpc) is 2.66. The van der Waals surface area contributed by atoms with Crippen LogP contribution in [0.2, 0.25) is 5.54 Å². The smallest absolute Gasteiger partial charge is 0.130 e. The fourth-order valence-corrected chi connectivity index (χ4v) is 2.83. The van der Waals surface area contributed by atoms with Crippen molar-refractivity contribution in [2.24, 2.45) is 0 Å². The Kier molecular flexibility index (Phi) is 2.23. The molecule has 0 saturated heterocycles. The summed E-state index contributed by atoms with van der Waals surface area (Å²) in [5, 5.41) is 0. The molecule has 14 heavy (non-hydrogen) atoms. The van der Waals surface area contributed by atoms with E-state index in [1.165, 1.54) is 27.0 Å². The van der Waals surface area contributed by atoms with E-state index in [1.807, 2.05) is 13.0 Å². The summed E-state index contributed by atoms with van der Waals surface area (Å²) in [6.45, 7) is 6.41. The molecule has 0 bridgehead atoms. The zero-order valence-electron chi connectivity index (χ0n) is 9.22. The molecule has 0 radical (unpaired) electrons. The summed E-state index contributed by atoms with van der Waals surface area (Å²) in [5.74, 6) is 2.05. The van der Waals surface area contributed by atoms with Crippen molar-refractivity contribution in [3.8, 4) is 0 Å². The third-order valence-electron chi connectivity index (χ3n) is 3.13. The Morgan fingerprint density at radius 1 is 1.21 bits per heavy atom. The summed E-state index contributed by atoms with van der Waals surface area (Å²) in [5.41, 5.74) is 4.94. The van der Waals surface area contributed by atoms with E-state index in [4.69, 9.17) is 4.42 Å². The van der Waals surface area contributed by atoms with Crippen molar-refractivity contribution in [3.63, 3.8) is 0 Å². The molecule has 1 aliphatic rings. The quantitative estimate of drug-likeness (QED) is 0.641. The van der Waals surface area contributed by atoms with Crippen LogP contribution in [0, 0.1) is 6.92 Å². The number of hydrogen-bond donors (Lipinski definition) is 0. The van der Waals surface area contributed by atoms with Crippen LogP contribution in [0.25, 0.3) is 5.57 Å². The van der Waals surface area contributed by atoms with Gasteiger partial charge >= 0.3 is 0 Å². The first-order chi connectivity index (χ1) is 6.59. The number of hydrogen-bond acceptors (Lipinski definition) is 1. The van der Waals surface area contributed by atoms with Crippen LogP contribution in [0.1, 0.15) is 25.4 Å². The van der Waals surface area contributed by atoms with Crippen LogP contribution in [0.3, 0.4) is 0 Å². The molecule has 2 rings (SSSR count). The summed E-state index contributed by atoms with van der Waals surface area (Å²) >= 11 is 0. The van der Waals surface area contributed by atoms with Gasteiger partial charge in [0.05, 0.1) is 0 Å². The van der Waals surface area contributed by atoms with E-state index in [9.17, 15) is 0 Å². The molecular weight excluding hydrogens is 188 g/mol. The fraction of sp³-hybridized carbons (Fsp3) is 0.333. The maximum Gasteiger partial charge on any atom is 0.130 e. The molecule has 0 N–H and O–H groups in total. The molecule has 0 spiro atoms. The standard InChI is InChI=1S/C12H16OSi/c1-7-6-10(12(14)9(7)3)11-5-4-8(2)13-11/h4-6,12H,1-3,14H3. The largest absolute Gasteiger partial charge is 0.462 e. The van der Waals surface area contributed by atoms with Gasteiger partial charge in [0, 0.05) is 10.2 Å². The Bertz CT molecular complexity index is 423. The van der Waals surface area contributed by atoms with Crippen LogP contribution in [0.5, 0.6) is 0 Å². The molecule has 1 nitrogen and oxygen atoms in total. The van der Waals surface area contributed by atoms with Crippen LogP contribution in [0.4, 0.5) is 0 Å². The molecule has 0 saturated carbocycles. The van der Waals surface area contributed by atoms with Gasteiger partial charge in [0.1, 0.15) is 11.5 Å². The first kappa shape index (κ1) is 9.53. The van der Waals surface area contributed by atoms with Gasteiger partial charge in [-0.15, -0.1) is 0 Å². The first-order valence-corrected chi connectivity index (χ1v) is 6.21. The van der Waals surface area contributed by atoms with Crippen molar-refractivity contribution >= 4 is 15.8 Å². The predicted molar refractivity (Wildman–Crippen MR) is 63.5 cm³/mol. The highest BCUT2D eigenvalue weighted by atomic mass is 28.1. The summed E-state index contributed by atoms with van der Waals surface area (Å²) in [6.07, 6.45) is 2.27. The third-order valence-corrected chi connectivity index (χ3v) is 4.62. The van der Waals surface area contributed by atoms with Crippen molar-refractivity contribution in [2.45, 2.75) is 26.3 Å². The maximum absolute atomic E-state index is 5.66. The third kappa shape index (κ3) is 1.40. The van der Waals surface area contributed by atoms with Gasteiger partial charge in [-0.3, -0.25) is 0 Å². The highest BCUT2D eigenvalue weighted by molar-refractivity contribution is 6.21. The van der Waals surface area contributed by atoms with Crippen LogP contribution in [-0.2, 0) is 0 Å². The van der Waals surface area contributed by atoms with Crippen molar-refractivity contribution in [3.05, 3.63) is 40.9 Å². The first-order valence-electron chi connectivity index (χ1n) is 5.05. The Morgan fingerprint density at radius 2 is 1.93 bits per heavy atom. The predicted octanol–water partition coefficient (Wildman–Crippen LogP) is 2.48. The Balaban J connectivity index is 2.37. The molecule has 1 aromatic rings. The Labute approximate surface area is 87.9 Å². The van der Waals surface area contributed by atoms with Gasteiger partial charge in [-0.25, -0.2) is 0 Å². The number of allylic oxidation sites excluding steroid dienone is 4. The van der Waals surface area contributed by atoms with Crippen molar-refractivity contribution in [2.75, 3.05) is 0 Å². The lowest BCUT2D eigenvalue weighted by atomic mass is 10.1. The van der Waals surface area contributed by atoms with E-state index in [-0.39, 0.29) is 0 Å². The van der Waals surface area contributed by atoms with Gasteiger partial charge < -0.3 is 4.42 Å². The summed E-state index contributed by atoms with van der Waals surface area (Å²) < 4.78 is 5.66. The van der Waals surface area contributed by atoms with Crippen LogP contribution < -0.4 is 0 Å². The van der Waals surface area contributed by atoms with Crippen LogP contribution >= 0.6 is 0 Å². The lowest BCUT2D eigenvalue weighted by Crippen LogP contribution is -1.93. The minimum atomic E-state index is 0.639. The van der Waals surface area contributed by atoms with Crippen molar-refractivity contribution < 1.29 is 4.42 Å². The molecule has 2 heteroatoms. The van der Waals surface area contributed by atoms with Crippen LogP contribution in [-0.4, -0.2) is 10.2 Å². The molecule has 74 valence electrons. The van der Waals surface area contributed by atoms with E-state index < -0.39 is 0 Å². The normalized spacial score (nSPS) is 21.9. The molecular formula is C12H16OSi. The van der Waals surface area contributed by atoms with E-state index in [1.54, 1.807) is 0 Å². The lowest BCUT2D eigenvalue weighted by molar-refractivity contribution is 0.520. The highest BCUT2D eigenvalue weighted by Crippen LogP contribution is 2.40. The molecule has 0 fully saturated rings. The number of furan rings is 1. The fourth-order valence-electron chi connectivity index (χ4n) is 1.92. The zero-order chi connectivity index (χ0) is 10.3. The molecule has 1 unspecified atom stereocenters. The summed E-state index contributed by atoms with van der Waals surface area (Å²) in [7, 11) is 1.17. The van der Waals surface area contributed by atoms with Crippen molar-refractivity contribution in [1.82, 2.24) is 0 Å². The van der Waals surface area contributed by atoms with Gasteiger partial charge in [0.25, 0.3) is 0 Å². The zero-order valence-corrected chi connectivity index (χ0v) is 11.2. The molecule has 1 atom stereocenters. The minimum absolute atomic E-state index is 0.639. The second-order valence-corrected chi connectivity index (χ2v) is 5.25. The molecule has 0 aliphatic heterocycles. The number of aryl methyl sites for hydroxylation is 1. The van der Waals surface area contributed by atoms with Gasteiger partial charge in [-0.1, -0.05) is 17.2 Å². The molecule has 1 heterocycles. The lowest BCUT2D eigenvalue weighted by Gasteiger charge is -2.08. The second-order valence-electron chi connectivity index (χ2n) is 4.10. The summed E-state index contributed by atoms with van der Waals surface area (Å²) in [6, 6.07) is 4.12. The number of rotatable bonds is 1. The summed E-state index contributed by atoms with van der Waals surface area (Å²) in [4.78, 5) is 0. The highest BCUT2D eigenvalue weighted by Gasteiger charge is 2.21. The molecule has 0 amide bonds. The van der Waals surface area contributed by atoms with E-state index in [2.05, 4.69) is 26.0 Å². The van der Waals surface area contributed by atoms with Gasteiger partial charge in [-0.05, 0) is 44.0 Å². The molecule has 1 aromatic heterocycles. The van der Waals surface area contributed by atoms with Crippen molar-refractivity contribution in [1.29, 1.82) is 0 Å². The topological polar surface area (TPSA) is 13.1 Å².